The van der Waals surface area contributed by atoms with E-state index in [1.807, 2.05) is 0 Å². The minimum atomic E-state index is 0.498. The quantitative estimate of drug-likeness (QED) is 0.700. The Bertz CT molecular complexity index is 179. The van der Waals surface area contributed by atoms with E-state index in [1.54, 1.807) is 0 Å². The molecule has 0 aromatic heterocycles. The Hall–Kier alpha value is 0.440. The summed E-state index contributed by atoms with van der Waals surface area (Å²) in [5.74, 6) is 1.74. The summed E-state index contributed by atoms with van der Waals surface area (Å²) >= 11 is 3.70. The van der Waals surface area contributed by atoms with Gasteiger partial charge in [0.1, 0.15) is 0 Å². The summed E-state index contributed by atoms with van der Waals surface area (Å²) < 4.78 is 5.99. The summed E-state index contributed by atoms with van der Waals surface area (Å²) in [7, 11) is 0. The molecule has 3 atom stereocenters. The molecule has 0 N–H and O–H groups in total. The number of alkyl halides is 1. The second-order valence-corrected chi connectivity index (χ2v) is 6.16. The number of hydrogen-bond donors (Lipinski definition) is 0. The monoisotopic (exact) mass is 260 g/mol. The van der Waals surface area contributed by atoms with Crippen LogP contribution in [-0.2, 0) is 4.74 Å². The van der Waals surface area contributed by atoms with Crippen LogP contribution in [0.2, 0.25) is 0 Å². The molecule has 2 heteroatoms. The molecule has 2 rings (SSSR count). The highest BCUT2D eigenvalue weighted by Crippen LogP contribution is 2.34. The molecule has 0 saturated heterocycles. The fourth-order valence-corrected chi connectivity index (χ4v) is 3.23. The largest absolute Gasteiger partial charge is 0.377 e. The first kappa shape index (κ1) is 10.9. The Morgan fingerprint density at radius 1 is 1.21 bits per heavy atom. The molecule has 0 aromatic rings. The standard InChI is InChI=1S/C12H21BrO/c1-9(10-4-2-5-10)8-14-12-7-3-6-11(12)13/h9-12H,2-8H2,1H3. The van der Waals surface area contributed by atoms with Crippen LogP contribution in [0.3, 0.4) is 0 Å². The molecule has 0 aliphatic heterocycles. The zero-order valence-electron chi connectivity index (χ0n) is 9.05. The third kappa shape index (κ3) is 2.52. The van der Waals surface area contributed by atoms with E-state index in [4.69, 9.17) is 4.74 Å². The van der Waals surface area contributed by atoms with Crippen molar-refractivity contribution in [1.29, 1.82) is 0 Å². The fraction of sp³-hybridized carbons (Fsp3) is 1.00. The van der Waals surface area contributed by atoms with Gasteiger partial charge in [0.2, 0.25) is 0 Å². The molecule has 2 aliphatic rings. The summed E-state index contributed by atoms with van der Waals surface area (Å²) in [6.45, 7) is 3.33. The zero-order chi connectivity index (χ0) is 9.97. The van der Waals surface area contributed by atoms with Crippen molar-refractivity contribution in [3.8, 4) is 0 Å². The van der Waals surface area contributed by atoms with Gasteiger partial charge in [0, 0.05) is 11.4 Å². The summed E-state index contributed by atoms with van der Waals surface area (Å²) in [5, 5.41) is 0. The van der Waals surface area contributed by atoms with Crippen LogP contribution in [0.25, 0.3) is 0 Å². The smallest absolute Gasteiger partial charge is 0.0700 e. The highest BCUT2D eigenvalue weighted by Gasteiger charge is 2.28. The predicted molar refractivity (Wildman–Crippen MR) is 62.8 cm³/mol. The van der Waals surface area contributed by atoms with Gasteiger partial charge in [-0.1, -0.05) is 42.1 Å². The van der Waals surface area contributed by atoms with E-state index >= 15 is 0 Å². The Labute approximate surface area is 95.7 Å². The Balaban J connectivity index is 1.65. The van der Waals surface area contributed by atoms with Crippen molar-refractivity contribution in [3.05, 3.63) is 0 Å². The number of halogens is 1. The fourth-order valence-electron chi connectivity index (χ4n) is 2.49. The average Bonchev–Trinajstić information content (AvgIpc) is 2.44. The van der Waals surface area contributed by atoms with E-state index in [-0.39, 0.29) is 0 Å². The first-order chi connectivity index (χ1) is 6.77. The predicted octanol–water partition coefficient (Wildman–Crippen LogP) is 3.76. The maximum Gasteiger partial charge on any atom is 0.0700 e. The molecule has 0 amide bonds. The molecule has 2 saturated carbocycles. The third-order valence-electron chi connectivity index (χ3n) is 3.90. The number of ether oxygens (including phenoxy) is 1. The molecule has 0 radical (unpaired) electrons. The van der Waals surface area contributed by atoms with Gasteiger partial charge < -0.3 is 4.74 Å². The lowest BCUT2D eigenvalue weighted by atomic mass is 9.77. The van der Waals surface area contributed by atoms with Crippen LogP contribution < -0.4 is 0 Å². The van der Waals surface area contributed by atoms with Crippen molar-refractivity contribution in [2.24, 2.45) is 11.8 Å². The molecule has 0 bridgehead atoms. The van der Waals surface area contributed by atoms with Gasteiger partial charge in [-0.25, -0.2) is 0 Å². The van der Waals surface area contributed by atoms with Gasteiger partial charge in [-0.2, -0.15) is 0 Å². The van der Waals surface area contributed by atoms with Crippen LogP contribution in [0.15, 0.2) is 0 Å². The van der Waals surface area contributed by atoms with Gasteiger partial charge in [-0.15, -0.1) is 0 Å². The second-order valence-electron chi connectivity index (χ2n) is 4.99. The van der Waals surface area contributed by atoms with Crippen LogP contribution >= 0.6 is 15.9 Å². The zero-order valence-corrected chi connectivity index (χ0v) is 10.6. The molecule has 82 valence electrons. The van der Waals surface area contributed by atoms with Crippen molar-refractivity contribution in [2.75, 3.05) is 6.61 Å². The molecular formula is C12H21BrO. The van der Waals surface area contributed by atoms with Crippen molar-refractivity contribution >= 4 is 15.9 Å². The summed E-state index contributed by atoms with van der Waals surface area (Å²) in [6, 6.07) is 0. The molecule has 0 spiro atoms. The highest BCUT2D eigenvalue weighted by molar-refractivity contribution is 9.09. The normalized spacial score (nSPS) is 35.6. The van der Waals surface area contributed by atoms with E-state index in [9.17, 15) is 0 Å². The summed E-state index contributed by atoms with van der Waals surface area (Å²) in [4.78, 5) is 0.621. The molecule has 2 aliphatic carbocycles. The lowest BCUT2D eigenvalue weighted by molar-refractivity contribution is 0.0156. The number of rotatable bonds is 4. The van der Waals surface area contributed by atoms with Gasteiger partial charge in [0.25, 0.3) is 0 Å². The van der Waals surface area contributed by atoms with Gasteiger partial charge in [0.15, 0.2) is 0 Å². The first-order valence-corrected chi connectivity index (χ1v) is 6.94. The molecule has 3 unspecified atom stereocenters. The van der Waals surface area contributed by atoms with E-state index in [0.29, 0.717) is 10.9 Å². The van der Waals surface area contributed by atoms with Crippen LogP contribution in [-0.4, -0.2) is 17.5 Å². The van der Waals surface area contributed by atoms with Crippen molar-refractivity contribution in [3.63, 3.8) is 0 Å². The molecule has 0 aromatic carbocycles. The van der Waals surface area contributed by atoms with Crippen LogP contribution in [0.1, 0.15) is 45.4 Å². The van der Waals surface area contributed by atoms with Crippen LogP contribution in [0.4, 0.5) is 0 Å². The maximum absolute atomic E-state index is 5.99. The van der Waals surface area contributed by atoms with Crippen LogP contribution in [0.5, 0.6) is 0 Å². The van der Waals surface area contributed by atoms with Crippen molar-refractivity contribution < 1.29 is 4.74 Å². The summed E-state index contributed by atoms with van der Waals surface area (Å²) in [6.07, 6.45) is 8.70. The van der Waals surface area contributed by atoms with E-state index in [2.05, 4.69) is 22.9 Å². The van der Waals surface area contributed by atoms with E-state index < -0.39 is 0 Å². The van der Waals surface area contributed by atoms with Crippen molar-refractivity contribution in [2.45, 2.75) is 56.4 Å². The van der Waals surface area contributed by atoms with Crippen molar-refractivity contribution in [1.82, 2.24) is 0 Å². The first-order valence-electron chi connectivity index (χ1n) is 6.03. The molecule has 2 fully saturated rings. The third-order valence-corrected chi connectivity index (χ3v) is 4.95. The topological polar surface area (TPSA) is 9.23 Å². The minimum absolute atomic E-state index is 0.498. The Kier molecular flexibility index (Phi) is 3.89. The number of hydrogen-bond acceptors (Lipinski definition) is 1. The molecule has 1 nitrogen and oxygen atoms in total. The van der Waals surface area contributed by atoms with Gasteiger partial charge >= 0.3 is 0 Å². The van der Waals surface area contributed by atoms with Crippen LogP contribution in [0, 0.1) is 11.8 Å². The molecule has 14 heavy (non-hydrogen) atoms. The van der Waals surface area contributed by atoms with Gasteiger partial charge in [-0.05, 0) is 31.1 Å². The van der Waals surface area contributed by atoms with E-state index in [1.165, 1.54) is 38.5 Å². The lowest BCUT2D eigenvalue weighted by Crippen LogP contribution is -2.27. The Morgan fingerprint density at radius 2 is 1.93 bits per heavy atom. The average molecular weight is 261 g/mol. The second kappa shape index (κ2) is 4.98. The molecular weight excluding hydrogens is 240 g/mol. The van der Waals surface area contributed by atoms with E-state index in [0.717, 1.165) is 18.4 Å². The summed E-state index contributed by atoms with van der Waals surface area (Å²) in [5.41, 5.74) is 0. The minimum Gasteiger partial charge on any atom is -0.377 e. The Morgan fingerprint density at radius 3 is 2.43 bits per heavy atom. The molecule has 0 heterocycles. The lowest BCUT2D eigenvalue weighted by Gasteiger charge is -2.32. The maximum atomic E-state index is 5.99. The highest BCUT2D eigenvalue weighted by atomic mass is 79.9. The van der Waals surface area contributed by atoms with Gasteiger partial charge in [0.05, 0.1) is 6.10 Å². The SMILES string of the molecule is CC(COC1CCCC1Br)C1CCC1. The van der Waals surface area contributed by atoms with Gasteiger partial charge in [-0.3, -0.25) is 0 Å².